The van der Waals surface area contributed by atoms with Gasteiger partial charge in [0.15, 0.2) is 0 Å². The molecule has 0 atom stereocenters. The van der Waals surface area contributed by atoms with E-state index in [-0.39, 0.29) is 5.89 Å². The molecule has 1 aromatic carbocycles. The number of aromatic nitrogens is 2. The first-order valence-electron chi connectivity index (χ1n) is 4.87. The number of ether oxygens (including phenoxy) is 1. The zero-order valence-electron chi connectivity index (χ0n) is 9.34. The average Bonchev–Trinajstić information content (AvgIpc) is 2.71. The Hall–Kier alpha value is -2.37. The maximum atomic E-state index is 11.3. The van der Waals surface area contributed by atoms with Crippen molar-refractivity contribution in [3.63, 3.8) is 0 Å². The quantitative estimate of drug-likeness (QED) is 0.746. The first-order valence-corrected chi connectivity index (χ1v) is 4.87. The van der Waals surface area contributed by atoms with E-state index < -0.39 is 11.8 Å². The van der Waals surface area contributed by atoms with Crippen LogP contribution in [0, 0.1) is 6.92 Å². The van der Waals surface area contributed by atoms with Crippen molar-refractivity contribution in [3.05, 3.63) is 40.4 Å². The molecule has 6 heteroatoms. The SMILES string of the molecule is COC(=O)n1nc(-c2ccc(C)cc2)oc1=O. The van der Waals surface area contributed by atoms with Gasteiger partial charge in [0.2, 0.25) is 5.89 Å². The number of carbonyl (C=O) groups is 1. The van der Waals surface area contributed by atoms with Crippen LogP contribution in [0.4, 0.5) is 4.79 Å². The van der Waals surface area contributed by atoms with Crippen molar-refractivity contribution in [3.8, 4) is 11.5 Å². The van der Waals surface area contributed by atoms with E-state index in [1.807, 2.05) is 19.1 Å². The maximum absolute atomic E-state index is 11.3. The van der Waals surface area contributed by atoms with Crippen molar-refractivity contribution in [2.45, 2.75) is 6.92 Å². The summed E-state index contributed by atoms with van der Waals surface area (Å²) in [6, 6.07) is 7.21. The minimum absolute atomic E-state index is 0.0837. The highest BCUT2D eigenvalue weighted by Gasteiger charge is 2.15. The lowest BCUT2D eigenvalue weighted by Crippen LogP contribution is -2.24. The van der Waals surface area contributed by atoms with Gasteiger partial charge in [0, 0.05) is 5.56 Å². The molecule has 2 rings (SSSR count). The van der Waals surface area contributed by atoms with Gasteiger partial charge in [0.25, 0.3) is 0 Å². The molecule has 0 aliphatic heterocycles. The molecule has 0 saturated carbocycles. The van der Waals surface area contributed by atoms with Gasteiger partial charge in [-0.15, -0.1) is 5.10 Å². The second-order valence-corrected chi connectivity index (χ2v) is 3.42. The Morgan fingerprint density at radius 1 is 1.35 bits per heavy atom. The lowest BCUT2D eigenvalue weighted by atomic mass is 10.1. The van der Waals surface area contributed by atoms with Crippen molar-refractivity contribution >= 4 is 6.09 Å². The van der Waals surface area contributed by atoms with Gasteiger partial charge in [0.05, 0.1) is 7.11 Å². The van der Waals surface area contributed by atoms with Crippen molar-refractivity contribution in [1.82, 2.24) is 9.78 Å². The number of rotatable bonds is 1. The molecular formula is C11H10N2O4. The number of carbonyl (C=O) groups excluding carboxylic acids is 1. The third-order valence-electron chi connectivity index (χ3n) is 2.19. The smallest absolute Gasteiger partial charge is 0.447 e. The summed E-state index contributed by atoms with van der Waals surface area (Å²) in [5, 5.41) is 3.74. The highest BCUT2D eigenvalue weighted by atomic mass is 16.5. The molecule has 0 amide bonds. The van der Waals surface area contributed by atoms with Crippen molar-refractivity contribution in [1.29, 1.82) is 0 Å². The second-order valence-electron chi connectivity index (χ2n) is 3.42. The topological polar surface area (TPSA) is 74.3 Å². The monoisotopic (exact) mass is 234 g/mol. The Morgan fingerprint density at radius 3 is 2.59 bits per heavy atom. The summed E-state index contributed by atoms with van der Waals surface area (Å²) in [7, 11) is 1.16. The maximum Gasteiger partial charge on any atom is 0.447 e. The standard InChI is InChI=1S/C11H10N2O4/c1-7-3-5-8(6-4-7)9-12-13(10(14)16-2)11(15)17-9/h3-6H,1-2H3. The molecule has 0 spiro atoms. The number of hydrogen-bond donors (Lipinski definition) is 0. The highest BCUT2D eigenvalue weighted by molar-refractivity contribution is 5.69. The molecule has 0 N–H and O–H groups in total. The van der Waals surface area contributed by atoms with Crippen LogP contribution in [0.5, 0.6) is 0 Å². The normalized spacial score (nSPS) is 10.2. The number of hydrogen-bond acceptors (Lipinski definition) is 5. The Morgan fingerprint density at radius 2 is 2.00 bits per heavy atom. The number of nitrogens with zero attached hydrogens (tertiary/aromatic N) is 2. The fraction of sp³-hybridized carbons (Fsp3) is 0.182. The summed E-state index contributed by atoms with van der Waals surface area (Å²) in [6.45, 7) is 1.94. The summed E-state index contributed by atoms with van der Waals surface area (Å²) in [5.41, 5.74) is 1.69. The van der Waals surface area contributed by atoms with Gasteiger partial charge >= 0.3 is 11.8 Å². The lowest BCUT2D eigenvalue weighted by Gasteiger charge is -1.95. The minimum Gasteiger partial charge on any atom is -0.451 e. The lowest BCUT2D eigenvalue weighted by molar-refractivity contribution is 0.167. The Bertz CT molecular complexity index is 595. The number of benzene rings is 1. The summed E-state index contributed by atoms with van der Waals surface area (Å²) in [5.74, 6) is -0.784. The van der Waals surface area contributed by atoms with Crippen LogP contribution < -0.4 is 5.76 Å². The van der Waals surface area contributed by atoms with Gasteiger partial charge < -0.3 is 9.15 Å². The second kappa shape index (κ2) is 4.25. The van der Waals surface area contributed by atoms with Crippen LogP contribution in [-0.2, 0) is 4.74 Å². The van der Waals surface area contributed by atoms with Gasteiger partial charge in [-0.25, -0.2) is 9.59 Å². The molecule has 0 unspecified atom stereocenters. The van der Waals surface area contributed by atoms with E-state index in [0.717, 1.165) is 12.7 Å². The van der Waals surface area contributed by atoms with Gasteiger partial charge in [0.1, 0.15) is 0 Å². The third-order valence-corrected chi connectivity index (χ3v) is 2.19. The number of methoxy groups -OCH3 is 1. The van der Waals surface area contributed by atoms with Crippen LogP contribution in [0.2, 0.25) is 0 Å². The van der Waals surface area contributed by atoms with E-state index >= 15 is 0 Å². The molecule has 0 saturated heterocycles. The Balaban J connectivity index is 2.44. The molecule has 0 bridgehead atoms. The third kappa shape index (κ3) is 2.10. The minimum atomic E-state index is -0.878. The van der Waals surface area contributed by atoms with Gasteiger partial charge in [-0.2, -0.15) is 0 Å². The van der Waals surface area contributed by atoms with E-state index in [0.29, 0.717) is 10.2 Å². The predicted molar refractivity (Wildman–Crippen MR) is 58.7 cm³/mol. The summed E-state index contributed by atoms with van der Waals surface area (Å²) >= 11 is 0. The van der Waals surface area contributed by atoms with Crippen molar-refractivity contribution in [2.24, 2.45) is 0 Å². The van der Waals surface area contributed by atoms with Crippen LogP contribution in [-0.4, -0.2) is 23.0 Å². The van der Waals surface area contributed by atoms with Crippen LogP contribution in [0.15, 0.2) is 33.5 Å². The predicted octanol–water partition coefficient (Wildman–Crippen LogP) is 1.43. The van der Waals surface area contributed by atoms with E-state index in [9.17, 15) is 9.59 Å². The first kappa shape index (κ1) is 11.1. The van der Waals surface area contributed by atoms with Crippen molar-refractivity contribution in [2.75, 3.05) is 7.11 Å². The van der Waals surface area contributed by atoms with E-state index in [1.54, 1.807) is 12.1 Å². The Kier molecular flexibility index (Phi) is 2.78. The number of aryl methyl sites for hydroxylation is 1. The van der Waals surface area contributed by atoms with Crippen LogP contribution >= 0.6 is 0 Å². The molecule has 17 heavy (non-hydrogen) atoms. The average molecular weight is 234 g/mol. The molecule has 1 aromatic heterocycles. The fourth-order valence-electron chi connectivity index (χ4n) is 1.29. The molecule has 88 valence electrons. The molecule has 0 radical (unpaired) electrons. The summed E-state index contributed by atoms with van der Waals surface area (Å²) < 4.78 is 9.78. The first-order chi connectivity index (χ1) is 8.11. The molecular weight excluding hydrogens is 224 g/mol. The zero-order valence-corrected chi connectivity index (χ0v) is 9.34. The molecule has 0 fully saturated rings. The molecule has 1 heterocycles. The molecule has 2 aromatic rings. The van der Waals surface area contributed by atoms with Crippen LogP contribution in [0.1, 0.15) is 5.56 Å². The van der Waals surface area contributed by atoms with Gasteiger partial charge in [-0.1, -0.05) is 22.4 Å². The largest absolute Gasteiger partial charge is 0.451 e. The highest BCUT2D eigenvalue weighted by Crippen LogP contribution is 2.15. The molecule has 0 aliphatic rings. The Labute approximate surface area is 96.4 Å². The molecule has 0 aliphatic carbocycles. The van der Waals surface area contributed by atoms with Gasteiger partial charge in [-0.3, -0.25) is 0 Å². The van der Waals surface area contributed by atoms with Gasteiger partial charge in [-0.05, 0) is 19.1 Å². The molecule has 6 nitrogen and oxygen atoms in total. The summed E-state index contributed by atoms with van der Waals surface area (Å²) in [6.07, 6.45) is -0.878. The zero-order chi connectivity index (χ0) is 12.4. The van der Waals surface area contributed by atoms with E-state index in [1.165, 1.54) is 0 Å². The van der Waals surface area contributed by atoms with E-state index in [4.69, 9.17) is 4.42 Å². The summed E-state index contributed by atoms with van der Waals surface area (Å²) in [4.78, 5) is 22.5. The van der Waals surface area contributed by atoms with E-state index in [2.05, 4.69) is 9.84 Å². The van der Waals surface area contributed by atoms with Crippen molar-refractivity contribution < 1.29 is 13.9 Å². The fourth-order valence-corrected chi connectivity index (χ4v) is 1.29. The van der Waals surface area contributed by atoms with Crippen LogP contribution in [0.25, 0.3) is 11.5 Å². The van der Waals surface area contributed by atoms with Crippen LogP contribution in [0.3, 0.4) is 0 Å².